The van der Waals surface area contributed by atoms with Crippen molar-refractivity contribution in [3.8, 4) is 0 Å². The largest absolute Gasteiger partial charge is 0.384 e. The van der Waals surface area contributed by atoms with Gasteiger partial charge in [-0.1, -0.05) is 0 Å². The Balaban J connectivity index is 2.63. The average Bonchev–Trinajstić information content (AvgIpc) is 2.25. The molecular formula is C11H24N2O3S. The smallest absolute Gasteiger partial charge is 0.216 e. The molecule has 0 amide bonds. The van der Waals surface area contributed by atoms with E-state index in [2.05, 4.69) is 18.7 Å². The van der Waals surface area contributed by atoms with E-state index >= 15 is 0 Å². The van der Waals surface area contributed by atoms with Gasteiger partial charge in [-0.25, -0.2) is 8.42 Å². The SMILES string of the molecule is COCCS(=O)(=O)N1CCN(C(C)C)C[C@H]1C. The van der Waals surface area contributed by atoms with Gasteiger partial charge in [-0.05, 0) is 20.8 Å². The predicted octanol–water partition coefficient (Wildman–Crippen LogP) is 0.377. The Morgan fingerprint density at radius 3 is 2.47 bits per heavy atom. The summed E-state index contributed by atoms with van der Waals surface area (Å²) in [5.41, 5.74) is 0. The third-order valence-electron chi connectivity index (χ3n) is 3.23. The monoisotopic (exact) mass is 264 g/mol. The fourth-order valence-corrected chi connectivity index (χ4v) is 3.74. The van der Waals surface area contributed by atoms with Crippen LogP contribution in [0.1, 0.15) is 20.8 Å². The summed E-state index contributed by atoms with van der Waals surface area (Å²) < 4.78 is 30.6. The van der Waals surface area contributed by atoms with Gasteiger partial charge in [0.2, 0.25) is 10.0 Å². The van der Waals surface area contributed by atoms with Crippen LogP contribution < -0.4 is 0 Å². The van der Waals surface area contributed by atoms with Gasteiger partial charge in [-0.3, -0.25) is 4.90 Å². The van der Waals surface area contributed by atoms with Crippen molar-refractivity contribution in [2.24, 2.45) is 0 Å². The lowest BCUT2D eigenvalue weighted by Gasteiger charge is -2.40. The Hall–Kier alpha value is -0.170. The van der Waals surface area contributed by atoms with E-state index in [0.29, 0.717) is 12.6 Å². The number of hydrogen-bond acceptors (Lipinski definition) is 4. The molecule has 5 nitrogen and oxygen atoms in total. The highest BCUT2D eigenvalue weighted by Gasteiger charge is 2.32. The van der Waals surface area contributed by atoms with Crippen LogP contribution >= 0.6 is 0 Å². The molecule has 1 atom stereocenters. The molecule has 0 N–H and O–H groups in total. The number of rotatable bonds is 5. The highest BCUT2D eigenvalue weighted by Crippen LogP contribution is 2.16. The molecular weight excluding hydrogens is 240 g/mol. The molecule has 1 rings (SSSR count). The van der Waals surface area contributed by atoms with Crippen LogP contribution in [0, 0.1) is 0 Å². The number of methoxy groups -OCH3 is 1. The number of ether oxygens (including phenoxy) is 1. The molecule has 0 aromatic rings. The van der Waals surface area contributed by atoms with Crippen molar-refractivity contribution in [1.82, 2.24) is 9.21 Å². The summed E-state index contributed by atoms with van der Waals surface area (Å²) in [5, 5.41) is 0. The van der Waals surface area contributed by atoms with Gasteiger partial charge in [-0.2, -0.15) is 4.31 Å². The fraction of sp³-hybridized carbons (Fsp3) is 1.00. The van der Waals surface area contributed by atoms with Gasteiger partial charge < -0.3 is 4.74 Å². The van der Waals surface area contributed by atoms with E-state index < -0.39 is 10.0 Å². The summed E-state index contributed by atoms with van der Waals surface area (Å²) in [4.78, 5) is 2.31. The van der Waals surface area contributed by atoms with Crippen LogP contribution in [0.15, 0.2) is 0 Å². The molecule has 0 saturated carbocycles. The van der Waals surface area contributed by atoms with Crippen molar-refractivity contribution in [2.45, 2.75) is 32.9 Å². The second-order valence-electron chi connectivity index (χ2n) is 4.86. The Labute approximate surface area is 105 Å². The molecule has 102 valence electrons. The zero-order chi connectivity index (χ0) is 13.1. The van der Waals surface area contributed by atoms with E-state index in [-0.39, 0.29) is 18.4 Å². The van der Waals surface area contributed by atoms with Gasteiger partial charge in [0.15, 0.2) is 0 Å². The lowest BCUT2D eigenvalue weighted by atomic mass is 10.2. The zero-order valence-corrected chi connectivity index (χ0v) is 12.0. The summed E-state index contributed by atoms with van der Waals surface area (Å²) in [6.07, 6.45) is 0. The Bertz CT molecular complexity index is 330. The highest BCUT2D eigenvalue weighted by molar-refractivity contribution is 7.89. The lowest BCUT2D eigenvalue weighted by molar-refractivity contribution is 0.115. The van der Waals surface area contributed by atoms with Gasteiger partial charge in [0.25, 0.3) is 0 Å². The summed E-state index contributed by atoms with van der Waals surface area (Å²) in [5.74, 6) is 0.0789. The molecule has 0 spiro atoms. The minimum atomic E-state index is -3.16. The van der Waals surface area contributed by atoms with Crippen LogP contribution in [-0.2, 0) is 14.8 Å². The molecule has 0 radical (unpaired) electrons. The van der Waals surface area contributed by atoms with Crippen molar-refractivity contribution in [1.29, 1.82) is 0 Å². The predicted molar refractivity (Wildman–Crippen MR) is 68.5 cm³/mol. The first-order chi connectivity index (χ1) is 7.88. The number of piperazine rings is 1. The number of hydrogen-bond donors (Lipinski definition) is 0. The maximum atomic E-state index is 12.1. The third kappa shape index (κ3) is 3.91. The van der Waals surface area contributed by atoms with E-state index in [1.54, 1.807) is 4.31 Å². The van der Waals surface area contributed by atoms with Gasteiger partial charge >= 0.3 is 0 Å². The topological polar surface area (TPSA) is 49.9 Å². The van der Waals surface area contributed by atoms with E-state index in [9.17, 15) is 8.42 Å². The zero-order valence-electron chi connectivity index (χ0n) is 11.2. The molecule has 17 heavy (non-hydrogen) atoms. The van der Waals surface area contributed by atoms with Gasteiger partial charge in [0.1, 0.15) is 0 Å². The Morgan fingerprint density at radius 1 is 1.35 bits per heavy atom. The molecule has 0 aromatic heterocycles. The first-order valence-electron chi connectivity index (χ1n) is 6.11. The van der Waals surface area contributed by atoms with Crippen molar-refractivity contribution < 1.29 is 13.2 Å². The van der Waals surface area contributed by atoms with E-state index in [1.807, 2.05) is 6.92 Å². The molecule has 6 heteroatoms. The van der Waals surface area contributed by atoms with Crippen LogP contribution in [0.2, 0.25) is 0 Å². The van der Waals surface area contributed by atoms with Gasteiger partial charge in [0.05, 0.1) is 12.4 Å². The van der Waals surface area contributed by atoms with Crippen molar-refractivity contribution >= 4 is 10.0 Å². The summed E-state index contributed by atoms with van der Waals surface area (Å²) in [6.45, 7) is 8.73. The van der Waals surface area contributed by atoms with E-state index in [4.69, 9.17) is 4.74 Å². The minimum absolute atomic E-state index is 0.0491. The first-order valence-corrected chi connectivity index (χ1v) is 7.72. The van der Waals surface area contributed by atoms with Crippen LogP contribution in [-0.4, -0.2) is 68.8 Å². The van der Waals surface area contributed by atoms with Crippen LogP contribution in [0.25, 0.3) is 0 Å². The molecule has 0 bridgehead atoms. The molecule has 1 fully saturated rings. The van der Waals surface area contributed by atoms with Gasteiger partial charge in [-0.15, -0.1) is 0 Å². The standard InChI is InChI=1S/C11H24N2O3S/c1-10(2)12-5-6-13(11(3)9-12)17(14,15)8-7-16-4/h10-11H,5-9H2,1-4H3/t11-/m1/s1. The van der Waals surface area contributed by atoms with Crippen LogP contribution in [0.3, 0.4) is 0 Å². The maximum absolute atomic E-state index is 12.1. The number of sulfonamides is 1. The fourth-order valence-electron chi connectivity index (χ4n) is 2.16. The van der Waals surface area contributed by atoms with Crippen molar-refractivity contribution in [3.63, 3.8) is 0 Å². The second kappa shape index (κ2) is 6.13. The van der Waals surface area contributed by atoms with Crippen LogP contribution in [0.5, 0.6) is 0 Å². The maximum Gasteiger partial charge on any atom is 0.216 e. The normalized spacial score (nSPS) is 24.4. The lowest BCUT2D eigenvalue weighted by Crippen LogP contribution is -2.56. The molecule has 1 saturated heterocycles. The van der Waals surface area contributed by atoms with Gasteiger partial charge in [0, 0.05) is 38.8 Å². The van der Waals surface area contributed by atoms with Crippen molar-refractivity contribution in [3.05, 3.63) is 0 Å². The van der Waals surface area contributed by atoms with E-state index in [0.717, 1.165) is 13.1 Å². The molecule has 0 unspecified atom stereocenters. The molecule has 1 aliphatic rings. The molecule has 0 aromatic carbocycles. The summed E-state index contributed by atoms with van der Waals surface area (Å²) in [7, 11) is -1.64. The van der Waals surface area contributed by atoms with Crippen molar-refractivity contribution in [2.75, 3.05) is 39.1 Å². The second-order valence-corrected chi connectivity index (χ2v) is 6.90. The third-order valence-corrected chi connectivity index (χ3v) is 5.17. The Kier molecular flexibility index (Phi) is 5.37. The highest BCUT2D eigenvalue weighted by atomic mass is 32.2. The first kappa shape index (κ1) is 14.9. The molecule has 1 aliphatic heterocycles. The summed E-state index contributed by atoms with van der Waals surface area (Å²) in [6, 6.07) is 0.522. The summed E-state index contributed by atoms with van der Waals surface area (Å²) >= 11 is 0. The molecule has 0 aliphatic carbocycles. The van der Waals surface area contributed by atoms with E-state index in [1.165, 1.54) is 7.11 Å². The van der Waals surface area contributed by atoms with Crippen LogP contribution in [0.4, 0.5) is 0 Å². The molecule has 1 heterocycles. The average molecular weight is 264 g/mol. The quantitative estimate of drug-likeness (QED) is 0.720. The number of nitrogens with zero attached hydrogens (tertiary/aromatic N) is 2. The Morgan fingerprint density at radius 2 is 2.00 bits per heavy atom. The minimum Gasteiger partial charge on any atom is -0.384 e.